The van der Waals surface area contributed by atoms with Gasteiger partial charge in [0.25, 0.3) is 0 Å². The van der Waals surface area contributed by atoms with Crippen molar-refractivity contribution in [1.29, 1.82) is 0 Å². The van der Waals surface area contributed by atoms with E-state index >= 15 is 0 Å². The molecule has 0 spiro atoms. The molecule has 0 aliphatic heterocycles. The lowest BCUT2D eigenvalue weighted by molar-refractivity contribution is 0.197. The zero-order valence-electron chi connectivity index (χ0n) is 10.7. The molecule has 0 fully saturated rings. The van der Waals surface area contributed by atoms with E-state index < -0.39 is 0 Å². The number of nitrogens with zero attached hydrogens (tertiary/aromatic N) is 2. The van der Waals surface area contributed by atoms with Gasteiger partial charge in [-0.05, 0) is 12.0 Å². The Bertz CT molecular complexity index is 453. The van der Waals surface area contributed by atoms with Gasteiger partial charge in [0, 0.05) is 32.7 Å². The predicted molar refractivity (Wildman–Crippen MR) is 72.8 cm³/mol. The maximum absolute atomic E-state index is 5.02. The zero-order valence-corrected chi connectivity index (χ0v) is 10.7. The number of methoxy groups -OCH3 is 1. The summed E-state index contributed by atoms with van der Waals surface area (Å²) in [6, 6.07) is 10.4. The predicted octanol–water partition coefficient (Wildman–Crippen LogP) is 2.38. The van der Waals surface area contributed by atoms with Gasteiger partial charge in [0.1, 0.15) is 0 Å². The van der Waals surface area contributed by atoms with Crippen molar-refractivity contribution in [3.05, 3.63) is 48.3 Å². The molecule has 4 nitrogen and oxygen atoms in total. The molecule has 0 saturated heterocycles. The van der Waals surface area contributed by atoms with Gasteiger partial charge in [0.05, 0.1) is 6.54 Å². The van der Waals surface area contributed by atoms with E-state index in [1.54, 1.807) is 7.11 Å². The first-order valence-corrected chi connectivity index (χ1v) is 6.18. The van der Waals surface area contributed by atoms with Crippen molar-refractivity contribution in [2.45, 2.75) is 13.0 Å². The van der Waals surface area contributed by atoms with Gasteiger partial charge in [-0.15, -0.1) is 0 Å². The fraction of sp³-hybridized carbons (Fsp3) is 0.357. The molecule has 0 saturated carbocycles. The number of ether oxygens (including phenoxy) is 1. The van der Waals surface area contributed by atoms with Crippen LogP contribution in [0.25, 0.3) is 0 Å². The van der Waals surface area contributed by atoms with Crippen LogP contribution in [0, 0.1) is 0 Å². The Kier molecular flexibility index (Phi) is 4.78. The molecule has 4 heteroatoms. The van der Waals surface area contributed by atoms with Crippen molar-refractivity contribution >= 4 is 5.95 Å². The third kappa shape index (κ3) is 3.60. The summed E-state index contributed by atoms with van der Waals surface area (Å²) in [4.78, 5) is 4.32. The Hall–Kier alpha value is -1.81. The molecule has 1 N–H and O–H groups in total. The summed E-state index contributed by atoms with van der Waals surface area (Å²) in [7, 11) is 1.72. The van der Waals surface area contributed by atoms with Crippen LogP contribution in [-0.2, 0) is 11.3 Å². The summed E-state index contributed by atoms with van der Waals surface area (Å²) < 4.78 is 7.13. The highest BCUT2D eigenvalue weighted by Gasteiger charge is 2.02. The summed E-state index contributed by atoms with van der Waals surface area (Å²) in [5.74, 6) is 0.912. The van der Waals surface area contributed by atoms with Crippen LogP contribution in [0.3, 0.4) is 0 Å². The van der Waals surface area contributed by atoms with Crippen molar-refractivity contribution in [2.24, 2.45) is 0 Å². The van der Waals surface area contributed by atoms with Gasteiger partial charge in [-0.1, -0.05) is 30.3 Å². The third-order valence-electron chi connectivity index (χ3n) is 2.72. The lowest BCUT2D eigenvalue weighted by atomic mass is 10.2. The third-order valence-corrected chi connectivity index (χ3v) is 2.72. The zero-order chi connectivity index (χ0) is 12.6. The minimum atomic E-state index is 0.770. The molecule has 96 valence electrons. The van der Waals surface area contributed by atoms with Crippen LogP contribution in [0.5, 0.6) is 0 Å². The number of aromatic nitrogens is 2. The quantitative estimate of drug-likeness (QED) is 0.761. The van der Waals surface area contributed by atoms with Crippen LogP contribution in [0.1, 0.15) is 12.0 Å². The molecule has 0 unspecified atom stereocenters. The van der Waals surface area contributed by atoms with E-state index in [1.165, 1.54) is 5.56 Å². The van der Waals surface area contributed by atoms with E-state index in [2.05, 4.69) is 39.1 Å². The molecule has 0 aliphatic carbocycles. The largest absolute Gasteiger partial charge is 0.385 e. The van der Waals surface area contributed by atoms with E-state index in [0.29, 0.717) is 0 Å². The van der Waals surface area contributed by atoms with Gasteiger partial charge in [-0.3, -0.25) is 0 Å². The fourth-order valence-corrected chi connectivity index (χ4v) is 1.80. The van der Waals surface area contributed by atoms with Crippen LogP contribution in [0.2, 0.25) is 0 Å². The molecule has 2 rings (SSSR count). The Morgan fingerprint density at radius 2 is 2.11 bits per heavy atom. The molecule has 0 aliphatic rings. The second-order valence-electron chi connectivity index (χ2n) is 4.14. The number of benzene rings is 1. The monoisotopic (exact) mass is 245 g/mol. The van der Waals surface area contributed by atoms with E-state index in [9.17, 15) is 0 Å². The Morgan fingerprint density at radius 1 is 1.28 bits per heavy atom. The van der Waals surface area contributed by atoms with Gasteiger partial charge >= 0.3 is 0 Å². The number of hydrogen-bond donors (Lipinski definition) is 1. The highest BCUT2D eigenvalue weighted by Crippen LogP contribution is 2.09. The van der Waals surface area contributed by atoms with E-state index in [0.717, 1.165) is 32.1 Å². The SMILES string of the molecule is COCCCNc1nccn1Cc1ccccc1. The normalized spacial score (nSPS) is 10.5. The number of imidazole rings is 1. The highest BCUT2D eigenvalue weighted by atomic mass is 16.5. The first kappa shape index (κ1) is 12.6. The molecule has 1 aromatic carbocycles. The van der Waals surface area contributed by atoms with E-state index in [1.807, 2.05) is 18.5 Å². The molecule has 1 aromatic heterocycles. The van der Waals surface area contributed by atoms with E-state index in [-0.39, 0.29) is 0 Å². The summed E-state index contributed by atoms with van der Waals surface area (Å²) in [5, 5.41) is 3.32. The summed E-state index contributed by atoms with van der Waals surface area (Å²) >= 11 is 0. The van der Waals surface area contributed by atoms with Crippen LogP contribution in [0.15, 0.2) is 42.7 Å². The van der Waals surface area contributed by atoms with Gasteiger partial charge in [0.15, 0.2) is 0 Å². The Labute approximate surface area is 108 Å². The minimum absolute atomic E-state index is 0.770. The second-order valence-corrected chi connectivity index (χ2v) is 4.14. The van der Waals surface area contributed by atoms with E-state index in [4.69, 9.17) is 4.74 Å². The van der Waals surface area contributed by atoms with Gasteiger partial charge < -0.3 is 14.6 Å². The van der Waals surface area contributed by atoms with Crippen LogP contribution >= 0.6 is 0 Å². The number of hydrogen-bond acceptors (Lipinski definition) is 3. The second kappa shape index (κ2) is 6.81. The average Bonchev–Trinajstić information content (AvgIpc) is 2.83. The minimum Gasteiger partial charge on any atom is -0.385 e. The molecule has 0 atom stereocenters. The highest BCUT2D eigenvalue weighted by molar-refractivity contribution is 5.27. The Morgan fingerprint density at radius 3 is 2.89 bits per heavy atom. The van der Waals surface area contributed by atoms with Gasteiger partial charge in [-0.2, -0.15) is 0 Å². The topological polar surface area (TPSA) is 39.1 Å². The molecule has 0 amide bonds. The summed E-state index contributed by atoms with van der Waals surface area (Å²) in [6.07, 6.45) is 4.79. The van der Waals surface area contributed by atoms with Crippen molar-refractivity contribution in [2.75, 3.05) is 25.6 Å². The average molecular weight is 245 g/mol. The molecular weight excluding hydrogens is 226 g/mol. The van der Waals surface area contributed by atoms with Crippen LogP contribution < -0.4 is 5.32 Å². The lowest BCUT2D eigenvalue weighted by Gasteiger charge is -2.09. The van der Waals surface area contributed by atoms with Crippen molar-refractivity contribution < 1.29 is 4.74 Å². The smallest absolute Gasteiger partial charge is 0.203 e. The molecule has 1 heterocycles. The number of rotatable bonds is 7. The summed E-state index contributed by atoms with van der Waals surface area (Å²) in [5.41, 5.74) is 1.27. The molecule has 0 bridgehead atoms. The molecule has 18 heavy (non-hydrogen) atoms. The lowest BCUT2D eigenvalue weighted by Crippen LogP contribution is -2.10. The number of nitrogens with one attached hydrogen (secondary N) is 1. The maximum Gasteiger partial charge on any atom is 0.203 e. The molecule has 2 aromatic rings. The van der Waals surface area contributed by atoms with Crippen molar-refractivity contribution in [1.82, 2.24) is 9.55 Å². The van der Waals surface area contributed by atoms with Crippen molar-refractivity contribution in [3.63, 3.8) is 0 Å². The molecular formula is C14H19N3O. The maximum atomic E-state index is 5.02. The fourth-order valence-electron chi connectivity index (χ4n) is 1.80. The van der Waals surface area contributed by atoms with Gasteiger partial charge in [-0.25, -0.2) is 4.98 Å². The first-order chi connectivity index (χ1) is 8.90. The number of anilines is 1. The summed E-state index contributed by atoms with van der Waals surface area (Å²) in [6.45, 7) is 2.49. The van der Waals surface area contributed by atoms with Crippen LogP contribution in [0.4, 0.5) is 5.95 Å². The standard InChI is InChI=1S/C14H19N3O/c1-18-11-5-8-15-14-16-9-10-17(14)12-13-6-3-2-4-7-13/h2-4,6-7,9-10H,5,8,11-12H2,1H3,(H,15,16). The van der Waals surface area contributed by atoms with Crippen molar-refractivity contribution in [3.8, 4) is 0 Å². The molecule has 0 radical (unpaired) electrons. The van der Waals surface area contributed by atoms with Gasteiger partial charge in [0.2, 0.25) is 5.95 Å². The van der Waals surface area contributed by atoms with Crippen LogP contribution in [-0.4, -0.2) is 29.8 Å². The Balaban J connectivity index is 1.91. The first-order valence-electron chi connectivity index (χ1n) is 6.18.